The molecule has 0 unspecified atom stereocenters. The van der Waals surface area contributed by atoms with Crippen LogP contribution in [0.15, 0.2) is 71.6 Å². The minimum atomic E-state index is -4.55. The fourth-order valence-electron chi connectivity index (χ4n) is 3.30. The highest BCUT2D eigenvalue weighted by Gasteiger charge is 2.36. The van der Waals surface area contributed by atoms with Crippen molar-refractivity contribution in [3.05, 3.63) is 91.9 Å². The number of esters is 1. The molecular weight excluding hydrogens is 626 g/mol. The van der Waals surface area contributed by atoms with Crippen LogP contribution in [-0.4, -0.2) is 23.3 Å². The van der Waals surface area contributed by atoms with E-state index in [1.807, 2.05) is 28.7 Å². The second kappa shape index (κ2) is 10.6. The van der Waals surface area contributed by atoms with Crippen molar-refractivity contribution < 1.29 is 32.2 Å². The van der Waals surface area contributed by atoms with Crippen LogP contribution in [0.25, 0.3) is 6.08 Å². The van der Waals surface area contributed by atoms with Gasteiger partial charge in [0.05, 0.1) is 28.8 Å². The predicted molar refractivity (Wildman–Crippen MR) is 144 cm³/mol. The Morgan fingerprint density at radius 3 is 2.50 bits per heavy atom. The lowest BCUT2D eigenvalue weighted by atomic mass is 10.1. The Hall–Kier alpha value is -2.90. The van der Waals surface area contributed by atoms with Crippen LogP contribution in [0, 0.1) is 3.57 Å². The van der Waals surface area contributed by atoms with Gasteiger partial charge >= 0.3 is 12.1 Å². The number of rotatable bonds is 5. The SMILES string of the molecule is COc1cc(/C=C2\SC(=S)N(c3cccc(C(F)(F)F)c3)C2=O)ccc1OC(=O)c1ccccc1I. The van der Waals surface area contributed by atoms with E-state index in [1.165, 1.54) is 25.3 Å². The minimum absolute atomic E-state index is 0.0334. The van der Waals surface area contributed by atoms with Crippen molar-refractivity contribution in [1.82, 2.24) is 0 Å². The van der Waals surface area contributed by atoms with Gasteiger partial charge in [-0.25, -0.2) is 4.79 Å². The van der Waals surface area contributed by atoms with Crippen molar-refractivity contribution in [2.45, 2.75) is 6.18 Å². The second-order valence-corrected chi connectivity index (χ2v) is 10.2. The molecule has 1 fully saturated rings. The summed E-state index contributed by atoms with van der Waals surface area (Å²) in [7, 11) is 1.41. The maximum absolute atomic E-state index is 13.1. The first-order valence-corrected chi connectivity index (χ1v) is 12.5. The maximum Gasteiger partial charge on any atom is 0.416 e. The summed E-state index contributed by atoms with van der Waals surface area (Å²) in [4.78, 5) is 26.9. The smallest absolute Gasteiger partial charge is 0.416 e. The van der Waals surface area contributed by atoms with E-state index >= 15 is 0 Å². The molecule has 36 heavy (non-hydrogen) atoms. The molecule has 1 aliphatic heterocycles. The van der Waals surface area contributed by atoms with E-state index in [1.54, 1.807) is 36.4 Å². The molecule has 0 atom stereocenters. The Bertz CT molecular complexity index is 1410. The van der Waals surface area contributed by atoms with Crippen LogP contribution in [-0.2, 0) is 11.0 Å². The van der Waals surface area contributed by atoms with Crippen molar-refractivity contribution in [1.29, 1.82) is 0 Å². The van der Waals surface area contributed by atoms with E-state index < -0.39 is 23.6 Å². The number of methoxy groups -OCH3 is 1. The quantitative estimate of drug-likeness (QED) is 0.0990. The van der Waals surface area contributed by atoms with Gasteiger partial charge in [0.1, 0.15) is 0 Å². The highest BCUT2D eigenvalue weighted by molar-refractivity contribution is 14.1. The summed E-state index contributed by atoms with van der Waals surface area (Å²) in [5.41, 5.74) is 0.109. The monoisotopic (exact) mass is 641 g/mol. The predicted octanol–water partition coefficient (Wildman–Crippen LogP) is 6.94. The third-order valence-corrected chi connectivity index (χ3v) is 7.25. The van der Waals surface area contributed by atoms with Crippen molar-refractivity contribution >= 4 is 74.5 Å². The summed E-state index contributed by atoms with van der Waals surface area (Å²) in [5, 5.41) is 0. The van der Waals surface area contributed by atoms with E-state index in [0.29, 0.717) is 11.1 Å². The largest absolute Gasteiger partial charge is 0.493 e. The third kappa shape index (κ3) is 5.57. The van der Waals surface area contributed by atoms with Crippen LogP contribution in [0.1, 0.15) is 21.5 Å². The maximum atomic E-state index is 13.1. The second-order valence-electron chi connectivity index (χ2n) is 7.34. The molecule has 3 aromatic carbocycles. The third-order valence-electron chi connectivity index (χ3n) is 5.01. The zero-order chi connectivity index (χ0) is 26.0. The minimum Gasteiger partial charge on any atom is -0.493 e. The molecule has 0 bridgehead atoms. The first kappa shape index (κ1) is 26.2. The number of amides is 1. The van der Waals surface area contributed by atoms with Crippen LogP contribution >= 0.6 is 46.6 Å². The number of halogens is 4. The average molecular weight is 641 g/mol. The van der Waals surface area contributed by atoms with Gasteiger partial charge in [0.25, 0.3) is 5.91 Å². The first-order chi connectivity index (χ1) is 17.1. The van der Waals surface area contributed by atoms with E-state index in [-0.39, 0.29) is 26.4 Å². The molecule has 4 rings (SSSR count). The number of nitrogens with zero attached hydrogens (tertiary/aromatic N) is 1. The Labute approximate surface area is 227 Å². The van der Waals surface area contributed by atoms with Gasteiger partial charge in [-0.3, -0.25) is 9.69 Å². The van der Waals surface area contributed by atoms with Crippen LogP contribution in [0.3, 0.4) is 0 Å². The van der Waals surface area contributed by atoms with E-state index in [4.69, 9.17) is 21.7 Å². The Balaban J connectivity index is 1.58. The molecule has 3 aromatic rings. The van der Waals surface area contributed by atoms with Crippen molar-refractivity contribution in [3.63, 3.8) is 0 Å². The van der Waals surface area contributed by atoms with Crippen LogP contribution in [0.2, 0.25) is 0 Å². The molecule has 5 nitrogen and oxygen atoms in total. The van der Waals surface area contributed by atoms with Crippen molar-refractivity contribution in [2.24, 2.45) is 0 Å². The molecular formula is C25H15F3INO4S2. The van der Waals surface area contributed by atoms with Gasteiger partial charge in [-0.05, 0) is 76.7 Å². The van der Waals surface area contributed by atoms with Gasteiger partial charge in [-0.2, -0.15) is 13.2 Å². The summed E-state index contributed by atoms with van der Waals surface area (Å²) in [6, 6.07) is 16.1. The zero-order valence-corrected chi connectivity index (χ0v) is 22.1. The van der Waals surface area contributed by atoms with E-state index in [2.05, 4.69) is 0 Å². The molecule has 1 saturated heterocycles. The number of thiocarbonyl (C=S) groups is 1. The molecule has 0 N–H and O–H groups in total. The molecule has 0 aliphatic carbocycles. The number of benzene rings is 3. The Morgan fingerprint density at radius 2 is 1.81 bits per heavy atom. The molecule has 0 radical (unpaired) electrons. The number of carbonyl (C=O) groups is 2. The molecule has 0 spiro atoms. The number of hydrogen-bond acceptors (Lipinski definition) is 6. The topological polar surface area (TPSA) is 55.8 Å². The van der Waals surface area contributed by atoms with Crippen LogP contribution in [0.5, 0.6) is 11.5 Å². The normalized spacial score (nSPS) is 14.9. The van der Waals surface area contributed by atoms with Gasteiger partial charge in [-0.15, -0.1) is 0 Å². The number of hydrogen-bond donors (Lipinski definition) is 0. The molecule has 1 amide bonds. The zero-order valence-electron chi connectivity index (χ0n) is 18.3. The molecule has 1 aliphatic rings. The van der Waals surface area contributed by atoms with Crippen molar-refractivity contribution in [2.75, 3.05) is 12.0 Å². The van der Waals surface area contributed by atoms with Crippen LogP contribution < -0.4 is 14.4 Å². The van der Waals surface area contributed by atoms with Crippen molar-refractivity contribution in [3.8, 4) is 11.5 Å². The lowest BCUT2D eigenvalue weighted by Gasteiger charge is -2.16. The lowest BCUT2D eigenvalue weighted by molar-refractivity contribution is -0.137. The van der Waals surface area contributed by atoms with Gasteiger partial charge in [0.2, 0.25) is 0 Å². The van der Waals surface area contributed by atoms with Crippen LogP contribution in [0.4, 0.5) is 18.9 Å². The summed E-state index contributed by atoms with van der Waals surface area (Å²) in [6.45, 7) is 0. The molecule has 184 valence electrons. The summed E-state index contributed by atoms with van der Waals surface area (Å²) in [6.07, 6.45) is -3.01. The number of thioether (sulfide) groups is 1. The summed E-state index contributed by atoms with van der Waals surface area (Å²) in [5.74, 6) is -0.641. The number of alkyl halides is 3. The standard InChI is InChI=1S/C25H15F3INO4S2/c1-33-20-11-14(9-10-19(20)34-23(32)17-7-2-3-8-18(17)29)12-21-22(31)30(24(35)36-21)16-6-4-5-15(13-16)25(26,27)28/h2-13H,1H3/b21-12-. The Kier molecular flexibility index (Phi) is 7.71. The number of carbonyl (C=O) groups excluding carboxylic acids is 2. The van der Waals surface area contributed by atoms with Gasteiger partial charge in [-0.1, -0.05) is 48.2 Å². The summed E-state index contributed by atoms with van der Waals surface area (Å²) < 4.78 is 51.1. The molecule has 11 heteroatoms. The first-order valence-electron chi connectivity index (χ1n) is 10.2. The average Bonchev–Trinajstić information content (AvgIpc) is 3.12. The molecule has 0 saturated carbocycles. The van der Waals surface area contributed by atoms with Gasteiger partial charge in [0, 0.05) is 3.57 Å². The van der Waals surface area contributed by atoms with E-state index in [0.717, 1.165) is 32.4 Å². The molecule has 1 heterocycles. The van der Waals surface area contributed by atoms with E-state index in [9.17, 15) is 22.8 Å². The Morgan fingerprint density at radius 1 is 1.06 bits per heavy atom. The fraction of sp³-hybridized carbons (Fsp3) is 0.0800. The number of anilines is 1. The highest BCUT2D eigenvalue weighted by Crippen LogP contribution is 2.39. The number of ether oxygens (including phenoxy) is 2. The highest BCUT2D eigenvalue weighted by atomic mass is 127. The fourth-order valence-corrected chi connectivity index (χ4v) is 5.21. The molecule has 0 aromatic heterocycles. The van der Waals surface area contributed by atoms with Gasteiger partial charge < -0.3 is 9.47 Å². The lowest BCUT2D eigenvalue weighted by Crippen LogP contribution is -2.27. The van der Waals surface area contributed by atoms with Gasteiger partial charge in [0.15, 0.2) is 15.8 Å². The summed E-state index contributed by atoms with van der Waals surface area (Å²) >= 11 is 8.28.